The number of halogens is 1. The molecule has 5 heteroatoms. The lowest BCUT2D eigenvalue weighted by Gasteiger charge is -2.19. The molecule has 0 aliphatic rings. The molecule has 0 aromatic heterocycles. The number of anilines is 1. The third-order valence-corrected chi connectivity index (χ3v) is 4.86. The van der Waals surface area contributed by atoms with E-state index in [1.165, 1.54) is 5.56 Å². The van der Waals surface area contributed by atoms with E-state index in [1.54, 1.807) is 13.2 Å². The van der Waals surface area contributed by atoms with Crippen molar-refractivity contribution in [2.24, 2.45) is 0 Å². The highest BCUT2D eigenvalue weighted by molar-refractivity contribution is 6.30. The monoisotopic (exact) mass is 408 g/mol. The maximum atomic E-state index is 12.6. The van der Waals surface area contributed by atoms with Crippen LogP contribution >= 0.6 is 11.6 Å². The number of amides is 1. The number of rotatable bonds is 8. The third kappa shape index (κ3) is 6.08. The van der Waals surface area contributed by atoms with Crippen molar-refractivity contribution >= 4 is 23.2 Å². The van der Waals surface area contributed by atoms with E-state index in [1.807, 2.05) is 66.5 Å². The summed E-state index contributed by atoms with van der Waals surface area (Å²) >= 11 is 6.10. The van der Waals surface area contributed by atoms with Gasteiger partial charge in [-0.25, -0.2) is 0 Å². The minimum atomic E-state index is -0.0611. The van der Waals surface area contributed by atoms with Crippen molar-refractivity contribution in [1.29, 1.82) is 0 Å². The van der Waals surface area contributed by atoms with Crippen LogP contribution in [-0.4, -0.2) is 31.5 Å². The molecule has 0 spiro atoms. The molecule has 29 heavy (non-hydrogen) atoms. The lowest BCUT2D eigenvalue weighted by molar-refractivity contribution is -0.117. The zero-order chi connectivity index (χ0) is 20.6. The van der Waals surface area contributed by atoms with Gasteiger partial charge in [0.25, 0.3) is 0 Å². The second kappa shape index (κ2) is 10.1. The first-order valence-electron chi connectivity index (χ1n) is 9.48. The summed E-state index contributed by atoms with van der Waals surface area (Å²) in [6.07, 6.45) is 0.771. The Labute approximate surface area is 177 Å². The van der Waals surface area contributed by atoms with Crippen LogP contribution in [0.5, 0.6) is 5.75 Å². The molecule has 0 aliphatic heterocycles. The summed E-state index contributed by atoms with van der Waals surface area (Å²) in [5.74, 6) is 0.698. The SMILES string of the molecule is COc1ccc(Cl)cc1CN(C)CC(=O)Nc1ccccc1Cc1ccccc1. The molecule has 0 radical (unpaired) electrons. The van der Waals surface area contributed by atoms with Gasteiger partial charge in [0.2, 0.25) is 5.91 Å². The molecule has 150 valence electrons. The summed E-state index contributed by atoms with van der Waals surface area (Å²) in [4.78, 5) is 14.6. The Balaban J connectivity index is 1.63. The van der Waals surface area contributed by atoms with Crippen molar-refractivity contribution in [1.82, 2.24) is 4.90 Å². The zero-order valence-electron chi connectivity index (χ0n) is 16.7. The second-order valence-corrected chi connectivity index (χ2v) is 7.43. The number of nitrogens with one attached hydrogen (secondary N) is 1. The number of hydrogen-bond donors (Lipinski definition) is 1. The average molecular weight is 409 g/mol. The molecule has 0 fully saturated rings. The Morgan fingerprint density at radius 2 is 1.72 bits per heavy atom. The second-order valence-electron chi connectivity index (χ2n) is 7.00. The van der Waals surface area contributed by atoms with Crippen LogP contribution in [-0.2, 0) is 17.8 Å². The fourth-order valence-electron chi connectivity index (χ4n) is 3.26. The standard InChI is InChI=1S/C24H25ClN2O2/c1-27(16-20-15-21(25)12-13-23(20)29-2)17-24(28)26-22-11-7-6-10-19(22)14-18-8-4-3-5-9-18/h3-13,15H,14,16-17H2,1-2H3,(H,26,28). The van der Waals surface area contributed by atoms with Gasteiger partial charge >= 0.3 is 0 Å². The number of likely N-dealkylation sites (N-methyl/N-ethyl adjacent to an activating group) is 1. The van der Waals surface area contributed by atoms with Gasteiger partial charge in [0.1, 0.15) is 5.75 Å². The largest absolute Gasteiger partial charge is 0.496 e. The molecule has 0 unspecified atom stereocenters. The van der Waals surface area contributed by atoms with Gasteiger partial charge in [-0.3, -0.25) is 9.69 Å². The predicted octanol–water partition coefficient (Wildman–Crippen LogP) is 5.01. The fourth-order valence-corrected chi connectivity index (χ4v) is 3.46. The predicted molar refractivity (Wildman–Crippen MR) is 119 cm³/mol. The molecule has 0 saturated carbocycles. The van der Waals surface area contributed by atoms with Gasteiger partial charge in [0, 0.05) is 22.8 Å². The summed E-state index contributed by atoms with van der Waals surface area (Å²) in [5.41, 5.74) is 4.08. The van der Waals surface area contributed by atoms with Gasteiger partial charge in [0.05, 0.1) is 13.7 Å². The van der Waals surface area contributed by atoms with Crippen LogP contribution in [0.4, 0.5) is 5.69 Å². The molecular formula is C24H25ClN2O2. The molecule has 0 aliphatic carbocycles. The summed E-state index contributed by atoms with van der Waals surface area (Å²) in [7, 11) is 3.53. The lowest BCUT2D eigenvalue weighted by Crippen LogP contribution is -2.30. The Kier molecular flexibility index (Phi) is 7.28. The highest BCUT2D eigenvalue weighted by atomic mass is 35.5. The minimum Gasteiger partial charge on any atom is -0.496 e. The van der Waals surface area contributed by atoms with Crippen molar-refractivity contribution in [2.75, 3.05) is 26.0 Å². The number of carbonyl (C=O) groups is 1. The first-order chi connectivity index (χ1) is 14.0. The molecule has 3 aromatic rings. The minimum absolute atomic E-state index is 0.0611. The highest BCUT2D eigenvalue weighted by Gasteiger charge is 2.12. The Morgan fingerprint density at radius 3 is 2.48 bits per heavy atom. The van der Waals surface area contributed by atoms with Crippen LogP contribution in [0.1, 0.15) is 16.7 Å². The fraction of sp³-hybridized carbons (Fsp3) is 0.208. The van der Waals surface area contributed by atoms with Gasteiger partial charge in [-0.15, -0.1) is 0 Å². The van der Waals surface area contributed by atoms with E-state index in [2.05, 4.69) is 17.4 Å². The van der Waals surface area contributed by atoms with Gasteiger partial charge in [-0.2, -0.15) is 0 Å². The third-order valence-electron chi connectivity index (χ3n) is 4.63. The van der Waals surface area contributed by atoms with E-state index in [0.717, 1.165) is 29.0 Å². The van der Waals surface area contributed by atoms with Gasteiger partial charge in [-0.05, 0) is 48.9 Å². The molecule has 0 atom stereocenters. The summed E-state index contributed by atoms with van der Waals surface area (Å²) in [5, 5.41) is 3.70. The maximum absolute atomic E-state index is 12.6. The smallest absolute Gasteiger partial charge is 0.238 e. The first kappa shape index (κ1) is 20.9. The molecule has 1 amide bonds. The van der Waals surface area contributed by atoms with Crippen LogP contribution in [0, 0.1) is 0 Å². The quantitative estimate of drug-likeness (QED) is 0.569. The van der Waals surface area contributed by atoms with Gasteiger partial charge in [-0.1, -0.05) is 60.1 Å². The van der Waals surface area contributed by atoms with Crippen molar-refractivity contribution in [2.45, 2.75) is 13.0 Å². The van der Waals surface area contributed by atoms with E-state index in [4.69, 9.17) is 16.3 Å². The first-order valence-corrected chi connectivity index (χ1v) is 9.85. The van der Waals surface area contributed by atoms with E-state index in [-0.39, 0.29) is 12.5 Å². The summed E-state index contributed by atoms with van der Waals surface area (Å²) < 4.78 is 5.39. The van der Waals surface area contributed by atoms with Crippen LogP contribution in [0.2, 0.25) is 5.02 Å². The van der Waals surface area contributed by atoms with Gasteiger partial charge < -0.3 is 10.1 Å². The molecular weight excluding hydrogens is 384 g/mol. The van der Waals surface area contributed by atoms with Crippen molar-refractivity contribution in [3.8, 4) is 5.75 Å². The summed E-state index contributed by atoms with van der Waals surface area (Å²) in [6, 6.07) is 23.6. The van der Waals surface area contributed by atoms with Crippen LogP contribution < -0.4 is 10.1 Å². The molecule has 0 saturated heterocycles. The van der Waals surface area contributed by atoms with Crippen LogP contribution in [0.15, 0.2) is 72.8 Å². The van der Waals surface area contributed by atoms with Crippen molar-refractivity contribution in [3.05, 3.63) is 94.5 Å². The molecule has 0 heterocycles. The number of carbonyl (C=O) groups excluding carboxylic acids is 1. The number of ether oxygens (including phenoxy) is 1. The Hall–Kier alpha value is -2.82. The summed E-state index contributed by atoms with van der Waals surface area (Å²) in [6.45, 7) is 0.818. The normalized spacial score (nSPS) is 10.8. The van der Waals surface area contributed by atoms with Crippen LogP contribution in [0.25, 0.3) is 0 Å². The topological polar surface area (TPSA) is 41.6 Å². The molecule has 3 rings (SSSR count). The zero-order valence-corrected chi connectivity index (χ0v) is 17.4. The van der Waals surface area contributed by atoms with E-state index >= 15 is 0 Å². The number of hydrogen-bond acceptors (Lipinski definition) is 3. The van der Waals surface area contributed by atoms with Crippen LogP contribution in [0.3, 0.4) is 0 Å². The number of para-hydroxylation sites is 1. The van der Waals surface area contributed by atoms with Gasteiger partial charge in [0.15, 0.2) is 0 Å². The maximum Gasteiger partial charge on any atom is 0.238 e. The number of nitrogens with zero attached hydrogens (tertiary/aromatic N) is 1. The van der Waals surface area contributed by atoms with Crippen molar-refractivity contribution in [3.63, 3.8) is 0 Å². The Bertz CT molecular complexity index is 960. The van der Waals surface area contributed by atoms with E-state index in [0.29, 0.717) is 11.6 Å². The number of benzene rings is 3. The molecule has 4 nitrogen and oxygen atoms in total. The van der Waals surface area contributed by atoms with E-state index < -0.39 is 0 Å². The average Bonchev–Trinajstić information content (AvgIpc) is 2.70. The Morgan fingerprint density at radius 1 is 1.00 bits per heavy atom. The van der Waals surface area contributed by atoms with E-state index in [9.17, 15) is 4.79 Å². The molecule has 3 aromatic carbocycles. The number of methoxy groups -OCH3 is 1. The molecule has 0 bridgehead atoms. The highest BCUT2D eigenvalue weighted by Crippen LogP contribution is 2.24. The lowest BCUT2D eigenvalue weighted by atomic mass is 10.0. The van der Waals surface area contributed by atoms with Crippen molar-refractivity contribution < 1.29 is 9.53 Å². The molecule has 1 N–H and O–H groups in total.